The fourth-order valence-corrected chi connectivity index (χ4v) is 4.55. The van der Waals surface area contributed by atoms with Gasteiger partial charge in [-0.25, -0.2) is 4.72 Å². The van der Waals surface area contributed by atoms with Crippen LogP contribution < -0.4 is 4.72 Å². The van der Waals surface area contributed by atoms with Crippen molar-refractivity contribution in [2.45, 2.75) is 40.3 Å². The standard InChI is InChI=1S/C18H26N4O2S/c1-14(12-22-16(3)10-15(2)20-22)11-19-25(23,24)21-9-8-17-6-4-5-7-18(17)13-21/h4-7,10,14,19H,8-9,11-13H2,1-3H3. The Morgan fingerprint density at radius 2 is 1.96 bits per heavy atom. The Bertz CT molecular complexity index is 845. The van der Waals surface area contributed by atoms with Crippen molar-refractivity contribution in [1.82, 2.24) is 18.8 Å². The van der Waals surface area contributed by atoms with E-state index in [0.29, 0.717) is 26.2 Å². The first-order valence-corrected chi connectivity index (χ1v) is 10.1. The lowest BCUT2D eigenvalue weighted by molar-refractivity contribution is 0.374. The average molecular weight is 362 g/mol. The number of aryl methyl sites for hydroxylation is 2. The van der Waals surface area contributed by atoms with Crippen LogP contribution >= 0.6 is 0 Å². The van der Waals surface area contributed by atoms with Crippen molar-refractivity contribution < 1.29 is 8.42 Å². The fourth-order valence-electron chi connectivity index (χ4n) is 3.23. The SMILES string of the molecule is Cc1cc(C)n(CC(C)CNS(=O)(=O)N2CCc3ccccc3C2)n1. The van der Waals surface area contributed by atoms with Crippen LogP contribution in [-0.4, -0.2) is 35.6 Å². The lowest BCUT2D eigenvalue weighted by atomic mass is 10.0. The van der Waals surface area contributed by atoms with Gasteiger partial charge in [0.2, 0.25) is 0 Å². The first-order valence-electron chi connectivity index (χ1n) is 8.68. The maximum absolute atomic E-state index is 12.6. The fraction of sp³-hybridized carbons (Fsp3) is 0.500. The number of benzene rings is 1. The predicted octanol–water partition coefficient (Wildman–Crippen LogP) is 2.03. The first kappa shape index (κ1) is 18.1. The summed E-state index contributed by atoms with van der Waals surface area (Å²) >= 11 is 0. The summed E-state index contributed by atoms with van der Waals surface area (Å²) in [5.74, 6) is 0.157. The largest absolute Gasteiger partial charge is 0.279 e. The molecule has 0 amide bonds. The molecular weight excluding hydrogens is 336 g/mol. The molecule has 0 fully saturated rings. The zero-order valence-corrected chi connectivity index (χ0v) is 15.9. The Morgan fingerprint density at radius 1 is 1.24 bits per heavy atom. The van der Waals surface area contributed by atoms with E-state index in [0.717, 1.165) is 23.4 Å². The molecule has 1 unspecified atom stereocenters. The van der Waals surface area contributed by atoms with Crippen molar-refractivity contribution in [3.8, 4) is 0 Å². The summed E-state index contributed by atoms with van der Waals surface area (Å²) in [4.78, 5) is 0. The van der Waals surface area contributed by atoms with Gasteiger partial charge in [-0.15, -0.1) is 0 Å². The molecule has 1 N–H and O–H groups in total. The Labute approximate surface area is 150 Å². The number of hydrogen-bond acceptors (Lipinski definition) is 3. The minimum atomic E-state index is -3.46. The smallest absolute Gasteiger partial charge is 0.269 e. The highest BCUT2D eigenvalue weighted by molar-refractivity contribution is 7.87. The lowest BCUT2D eigenvalue weighted by Crippen LogP contribution is -2.44. The van der Waals surface area contributed by atoms with Crippen LogP contribution in [0.1, 0.15) is 29.4 Å². The second-order valence-corrected chi connectivity index (χ2v) is 8.68. The van der Waals surface area contributed by atoms with Crippen molar-refractivity contribution >= 4 is 10.2 Å². The summed E-state index contributed by atoms with van der Waals surface area (Å²) in [6, 6.07) is 10.1. The van der Waals surface area contributed by atoms with Crippen LogP contribution in [0.5, 0.6) is 0 Å². The summed E-state index contributed by atoms with van der Waals surface area (Å²) in [6.07, 6.45) is 0.762. The normalized spacial score (nSPS) is 16.6. The molecule has 1 aliphatic rings. The van der Waals surface area contributed by atoms with Gasteiger partial charge in [-0.1, -0.05) is 31.2 Å². The number of rotatable bonds is 6. The zero-order valence-electron chi connectivity index (χ0n) is 15.1. The molecule has 3 rings (SSSR count). The summed E-state index contributed by atoms with van der Waals surface area (Å²) in [5.41, 5.74) is 4.42. The van der Waals surface area contributed by atoms with Crippen LogP contribution in [0, 0.1) is 19.8 Å². The van der Waals surface area contributed by atoms with Gasteiger partial charge in [-0.2, -0.15) is 17.8 Å². The third-order valence-electron chi connectivity index (χ3n) is 4.64. The van der Waals surface area contributed by atoms with E-state index in [1.807, 2.05) is 49.7 Å². The molecule has 6 nitrogen and oxygen atoms in total. The third-order valence-corrected chi connectivity index (χ3v) is 6.16. The number of nitrogens with zero attached hydrogens (tertiary/aromatic N) is 3. The summed E-state index contributed by atoms with van der Waals surface area (Å²) in [6.45, 7) is 8.08. The van der Waals surface area contributed by atoms with Gasteiger partial charge in [-0.3, -0.25) is 4.68 Å². The quantitative estimate of drug-likeness (QED) is 0.855. The van der Waals surface area contributed by atoms with Gasteiger partial charge in [0.1, 0.15) is 0 Å². The molecule has 0 saturated carbocycles. The van der Waals surface area contributed by atoms with Gasteiger partial charge in [0, 0.05) is 31.9 Å². The highest BCUT2D eigenvalue weighted by Gasteiger charge is 2.26. The van der Waals surface area contributed by atoms with Crippen molar-refractivity contribution in [3.05, 3.63) is 52.8 Å². The van der Waals surface area contributed by atoms with Crippen LogP contribution in [0.4, 0.5) is 0 Å². The summed E-state index contributed by atoms with van der Waals surface area (Å²) in [7, 11) is -3.46. The van der Waals surface area contributed by atoms with Crippen molar-refractivity contribution in [3.63, 3.8) is 0 Å². The second kappa shape index (κ2) is 7.27. The van der Waals surface area contributed by atoms with Crippen LogP contribution in [0.2, 0.25) is 0 Å². The maximum atomic E-state index is 12.6. The van der Waals surface area contributed by atoms with E-state index >= 15 is 0 Å². The first-order chi connectivity index (χ1) is 11.8. The van der Waals surface area contributed by atoms with Crippen LogP contribution in [0.25, 0.3) is 0 Å². The van der Waals surface area contributed by atoms with Gasteiger partial charge in [0.05, 0.1) is 5.69 Å². The summed E-state index contributed by atoms with van der Waals surface area (Å²) in [5, 5.41) is 4.44. The number of fused-ring (bicyclic) bond motifs is 1. The summed E-state index contributed by atoms with van der Waals surface area (Å²) < 4.78 is 31.5. The predicted molar refractivity (Wildman–Crippen MR) is 98.3 cm³/mol. The van der Waals surface area contributed by atoms with Gasteiger partial charge >= 0.3 is 0 Å². The maximum Gasteiger partial charge on any atom is 0.279 e. The van der Waals surface area contributed by atoms with Gasteiger partial charge in [0.15, 0.2) is 0 Å². The van der Waals surface area contributed by atoms with Gasteiger partial charge < -0.3 is 0 Å². The Morgan fingerprint density at radius 3 is 2.64 bits per heavy atom. The van der Waals surface area contributed by atoms with E-state index in [-0.39, 0.29) is 5.92 Å². The highest BCUT2D eigenvalue weighted by atomic mass is 32.2. The molecule has 2 aromatic rings. The highest BCUT2D eigenvalue weighted by Crippen LogP contribution is 2.20. The average Bonchev–Trinajstić information content (AvgIpc) is 2.90. The monoisotopic (exact) mass is 362 g/mol. The molecule has 0 spiro atoms. The Kier molecular flexibility index (Phi) is 5.27. The van der Waals surface area contributed by atoms with E-state index in [1.165, 1.54) is 9.87 Å². The minimum absolute atomic E-state index is 0.157. The third kappa shape index (κ3) is 4.29. The van der Waals surface area contributed by atoms with E-state index in [4.69, 9.17) is 0 Å². The minimum Gasteiger partial charge on any atom is -0.269 e. The van der Waals surface area contributed by atoms with E-state index in [2.05, 4.69) is 15.9 Å². The number of aromatic nitrogens is 2. The van der Waals surface area contributed by atoms with E-state index < -0.39 is 10.2 Å². The molecule has 25 heavy (non-hydrogen) atoms. The molecule has 136 valence electrons. The van der Waals surface area contributed by atoms with Crippen molar-refractivity contribution in [1.29, 1.82) is 0 Å². The van der Waals surface area contributed by atoms with Crippen LogP contribution in [-0.2, 0) is 29.7 Å². The van der Waals surface area contributed by atoms with Crippen molar-refractivity contribution in [2.75, 3.05) is 13.1 Å². The molecule has 0 bridgehead atoms. The molecule has 1 atom stereocenters. The molecule has 2 heterocycles. The molecule has 1 aromatic heterocycles. The van der Waals surface area contributed by atoms with E-state index in [1.54, 1.807) is 0 Å². The molecule has 1 aliphatic heterocycles. The Hall–Kier alpha value is -1.70. The molecular formula is C18H26N4O2S. The number of nitrogens with one attached hydrogen (secondary N) is 1. The van der Waals surface area contributed by atoms with Gasteiger partial charge in [-0.05, 0) is 43.4 Å². The molecule has 0 aliphatic carbocycles. The molecule has 0 radical (unpaired) electrons. The van der Waals surface area contributed by atoms with E-state index in [9.17, 15) is 8.42 Å². The van der Waals surface area contributed by atoms with Gasteiger partial charge in [0.25, 0.3) is 10.2 Å². The molecule has 7 heteroatoms. The second-order valence-electron chi connectivity index (χ2n) is 6.92. The number of hydrogen-bond donors (Lipinski definition) is 1. The van der Waals surface area contributed by atoms with Crippen LogP contribution in [0.15, 0.2) is 30.3 Å². The Balaban J connectivity index is 1.58. The molecule has 1 aromatic carbocycles. The van der Waals surface area contributed by atoms with Crippen molar-refractivity contribution in [2.24, 2.45) is 5.92 Å². The topological polar surface area (TPSA) is 67.2 Å². The zero-order chi connectivity index (χ0) is 18.0. The molecule has 0 saturated heterocycles. The van der Waals surface area contributed by atoms with Crippen LogP contribution in [0.3, 0.4) is 0 Å². The lowest BCUT2D eigenvalue weighted by Gasteiger charge is -2.28.